The third kappa shape index (κ3) is 2.06. The minimum atomic E-state index is -0.906. The van der Waals surface area contributed by atoms with E-state index in [2.05, 4.69) is 15.9 Å². The molecule has 2 heterocycles. The summed E-state index contributed by atoms with van der Waals surface area (Å²) in [4.78, 5) is 25.6. The molecule has 6 heteroatoms. The largest absolute Gasteiger partial charge is 0.480 e. The minimum Gasteiger partial charge on any atom is -0.480 e. The van der Waals surface area contributed by atoms with Crippen molar-refractivity contribution in [1.82, 2.24) is 4.90 Å². The Morgan fingerprint density at radius 3 is 2.80 bits per heavy atom. The van der Waals surface area contributed by atoms with Gasteiger partial charge in [0.2, 0.25) is 0 Å². The summed E-state index contributed by atoms with van der Waals surface area (Å²) < 4.78 is 5.86. The highest BCUT2D eigenvalue weighted by atomic mass is 79.9. The molecular weight excluding hydrogens is 326 g/mol. The van der Waals surface area contributed by atoms with Crippen LogP contribution in [0.3, 0.4) is 0 Å². The summed E-state index contributed by atoms with van der Waals surface area (Å²) in [5.74, 6) is -0.567. The van der Waals surface area contributed by atoms with Gasteiger partial charge in [-0.1, -0.05) is 6.42 Å². The fourth-order valence-corrected chi connectivity index (χ4v) is 4.12. The first-order valence-corrected chi connectivity index (χ1v) is 7.58. The van der Waals surface area contributed by atoms with Crippen LogP contribution in [0, 0.1) is 18.8 Å². The molecule has 2 fully saturated rings. The topological polar surface area (TPSA) is 70.8 Å². The van der Waals surface area contributed by atoms with E-state index in [0.29, 0.717) is 17.1 Å². The van der Waals surface area contributed by atoms with Gasteiger partial charge >= 0.3 is 5.97 Å². The number of carboxylic acids is 1. The number of carboxylic acid groups (broad SMARTS) is 1. The monoisotopic (exact) mass is 341 g/mol. The third-order valence-corrected chi connectivity index (χ3v) is 4.88. The molecule has 3 rings (SSSR count). The number of halogens is 1. The second kappa shape index (κ2) is 4.91. The van der Waals surface area contributed by atoms with Crippen molar-refractivity contribution in [2.24, 2.45) is 11.8 Å². The molecule has 1 saturated carbocycles. The lowest BCUT2D eigenvalue weighted by atomic mass is 9.94. The van der Waals surface area contributed by atoms with Gasteiger partial charge in [-0.05, 0) is 53.6 Å². The molecular formula is C14H16BrNO4. The first kappa shape index (κ1) is 13.7. The lowest BCUT2D eigenvalue weighted by Crippen LogP contribution is -2.43. The Kier molecular flexibility index (Phi) is 3.36. The van der Waals surface area contributed by atoms with Gasteiger partial charge < -0.3 is 14.4 Å². The van der Waals surface area contributed by atoms with Crippen LogP contribution in [0.1, 0.15) is 35.4 Å². The SMILES string of the molecule is Cc1cc(Br)oc1C(=O)N1CC2CCCC2C1C(=O)O. The summed E-state index contributed by atoms with van der Waals surface area (Å²) in [6.07, 6.45) is 2.97. The number of furan rings is 1. The first-order valence-electron chi connectivity index (χ1n) is 6.78. The minimum absolute atomic E-state index is 0.0927. The first-order chi connectivity index (χ1) is 9.49. The number of hydrogen-bond acceptors (Lipinski definition) is 3. The molecule has 20 heavy (non-hydrogen) atoms. The maximum absolute atomic E-state index is 12.6. The van der Waals surface area contributed by atoms with Crippen LogP contribution >= 0.6 is 15.9 Å². The summed E-state index contributed by atoms with van der Waals surface area (Å²) in [5, 5.41) is 9.47. The van der Waals surface area contributed by atoms with Crippen molar-refractivity contribution in [1.29, 1.82) is 0 Å². The van der Waals surface area contributed by atoms with Gasteiger partial charge in [-0.15, -0.1) is 0 Å². The van der Waals surface area contributed by atoms with Gasteiger partial charge in [-0.3, -0.25) is 4.79 Å². The Morgan fingerprint density at radius 2 is 2.20 bits per heavy atom. The molecule has 0 spiro atoms. The van der Waals surface area contributed by atoms with Gasteiger partial charge in [0.15, 0.2) is 10.4 Å². The Labute approximate surface area is 125 Å². The highest BCUT2D eigenvalue weighted by Gasteiger charge is 2.50. The molecule has 1 amide bonds. The van der Waals surface area contributed by atoms with Crippen molar-refractivity contribution < 1.29 is 19.1 Å². The van der Waals surface area contributed by atoms with E-state index in [-0.39, 0.29) is 17.6 Å². The van der Waals surface area contributed by atoms with Crippen molar-refractivity contribution in [3.05, 3.63) is 22.1 Å². The van der Waals surface area contributed by atoms with E-state index >= 15 is 0 Å². The second-order valence-corrected chi connectivity index (χ2v) is 6.44. The van der Waals surface area contributed by atoms with Crippen LogP contribution in [0.5, 0.6) is 0 Å². The van der Waals surface area contributed by atoms with Gasteiger partial charge in [-0.2, -0.15) is 0 Å². The van der Waals surface area contributed by atoms with Crippen LogP contribution in [0.4, 0.5) is 0 Å². The average molecular weight is 342 g/mol. The van der Waals surface area contributed by atoms with E-state index in [9.17, 15) is 14.7 Å². The maximum Gasteiger partial charge on any atom is 0.326 e. The summed E-state index contributed by atoms with van der Waals surface area (Å²) in [7, 11) is 0. The molecule has 1 saturated heterocycles. The van der Waals surface area contributed by atoms with E-state index in [4.69, 9.17) is 4.42 Å². The van der Waals surface area contributed by atoms with Gasteiger partial charge in [0.25, 0.3) is 5.91 Å². The van der Waals surface area contributed by atoms with Gasteiger partial charge in [0.1, 0.15) is 6.04 Å². The van der Waals surface area contributed by atoms with Crippen LogP contribution in [0.15, 0.2) is 15.2 Å². The molecule has 1 aliphatic carbocycles. The number of carbonyl (C=O) groups is 2. The smallest absolute Gasteiger partial charge is 0.326 e. The van der Waals surface area contributed by atoms with Crippen molar-refractivity contribution >= 4 is 27.8 Å². The molecule has 3 atom stereocenters. The Hall–Kier alpha value is -1.30. The molecule has 1 aromatic heterocycles. The average Bonchev–Trinajstić information content (AvgIpc) is 3.00. The number of nitrogens with zero attached hydrogens (tertiary/aromatic N) is 1. The maximum atomic E-state index is 12.6. The second-order valence-electron chi connectivity index (χ2n) is 5.66. The number of hydrogen-bond donors (Lipinski definition) is 1. The van der Waals surface area contributed by atoms with E-state index in [1.807, 2.05) is 0 Å². The number of fused-ring (bicyclic) bond motifs is 1. The zero-order valence-electron chi connectivity index (χ0n) is 11.1. The van der Waals surface area contributed by atoms with E-state index in [0.717, 1.165) is 24.8 Å². The van der Waals surface area contributed by atoms with Crippen molar-refractivity contribution in [3.63, 3.8) is 0 Å². The molecule has 1 N–H and O–H groups in total. The summed E-state index contributed by atoms with van der Waals surface area (Å²) in [6, 6.07) is 1.01. The molecule has 5 nitrogen and oxygen atoms in total. The molecule has 1 aliphatic heterocycles. The lowest BCUT2D eigenvalue weighted by Gasteiger charge is -2.23. The lowest BCUT2D eigenvalue weighted by molar-refractivity contribution is -0.142. The van der Waals surface area contributed by atoms with Crippen LogP contribution < -0.4 is 0 Å². The Bertz CT molecular complexity index is 568. The van der Waals surface area contributed by atoms with Crippen molar-refractivity contribution in [2.45, 2.75) is 32.2 Å². The number of aliphatic carboxylic acids is 1. The molecule has 0 bridgehead atoms. The Morgan fingerprint density at radius 1 is 1.45 bits per heavy atom. The highest BCUT2D eigenvalue weighted by molar-refractivity contribution is 9.10. The van der Waals surface area contributed by atoms with Gasteiger partial charge in [0, 0.05) is 12.1 Å². The fourth-order valence-electron chi connectivity index (χ4n) is 3.62. The van der Waals surface area contributed by atoms with Gasteiger partial charge in [0.05, 0.1) is 0 Å². The quantitative estimate of drug-likeness (QED) is 0.897. The molecule has 108 valence electrons. The number of carbonyl (C=O) groups excluding carboxylic acids is 1. The Balaban J connectivity index is 1.91. The zero-order chi connectivity index (χ0) is 14.4. The molecule has 0 radical (unpaired) electrons. The fraction of sp³-hybridized carbons (Fsp3) is 0.571. The zero-order valence-corrected chi connectivity index (χ0v) is 12.7. The van der Waals surface area contributed by atoms with E-state index < -0.39 is 12.0 Å². The predicted molar refractivity (Wildman–Crippen MR) is 74.4 cm³/mol. The normalized spacial score (nSPS) is 28.7. The van der Waals surface area contributed by atoms with E-state index in [1.54, 1.807) is 13.0 Å². The summed E-state index contributed by atoms with van der Waals surface area (Å²) in [6.45, 7) is 2.31. The number of aryl methyl sites for hydroxylation is 1. The van der Waals surface area contributed by atoms with Crippen molar-refractivity contribution in [3.8, 4) is 0 Å². The van der Waals surface area contributed by atoms with Gasteiger partial charge in [-0.25, -0.2) is 4.79 Å². The summed E-state index contributed by atoms with van der Waals surface area (Å²) >= 11 is 3.20. The number of amides is 1. The molecule has 3 unspecified atom stereocenters. The predicted octanol–water partition coefficient (Wildman–Crippen LogP) is 2.68. The molecule has 1 aromatic rings. The number of likely N-dealkylation sites (tertiary alicyclic amines) is 1. The third-order valence-electron chi connectivity index (χ3n) is 4.49. The summed E-state index contributed by atoms with van der Waals surface area (Å²) in [5.41, 5.74) is 0.725. The van der Waals surface area contributed by atoms with Crippen LogP contribution in [-0.4, -0.2) is 34.5 Å². The van der Waals surface area contributed by atoms with Crippen LogP contribution in [-0.2, 0) is 4.79 Å². The number of rotatable bonds is 2. The van der Waals surface area contributed by atoms with Crippen LogP contribution in [0.25, 0.3) is 0 Å². The standard InChI is InChI=1S/C14H16BrNO4/c1-7-5-10(15)20-12(7)13(17)16-6-8-3-2-4-9(8)11(16)14(18)19/h5,8-9,11H,2-4,6H2,1H3,(H,18,19). The van der Waals surface area contributed by atoms with Crippen molar-refractivity contribution in [2.75, 3.05) is 6.54 Å². The van der Waals surface area contributed by atoms with E-state index in [1.165, 1.54) is 4.90 Å². The highest BCUT2D eigenvalue weighted by Crippen LogP contribution is 2.43. The molecule has 2 aliphatic rings. The molecule has 0 aromatic carbocycles. The van der Waals surface area contributed by atoms with Crippen LogP contribution in [0.2, 0.25) is 0 Å².